The molecule has 0 saturated carbocycles. The summed E-state index contributed by atoms with van der Waals surface area (Å²) < 4.78 is 5.72. The Labute approximate surface area is 164 Å². The smallest absolute Gasteiger partial charge is 0.317 e. The van der Waals surface area contributed by atoms with E-state index in [0.717, 1.165) is 11.1 Å². The van der Waals surface area contributed by atoms with Crippen molar-refractivity contribution in [3.63, 3.8) is 0 Å². The lowest BCUT2D eigenvalue weighted by molar-refractivity contribution is 0.206. The van der Waals surface area contributed by atoms with Gasteiger partial charge >= 0.3 is 6.03 Å². The molecule has 1 aromatic heterocycles. The van der Waals surface area contributed by atoms with E-state index in [1.165, 1.54) is 4.90 Å². The molecule has 0 aliphatic heterocycles. The fourth-order valence-corrected chi connectivity index (χ4v) is 2.66. The highest BCUT2D eigenvalue weighted by molar-refractivity contribution is 5.73. The summed E-state index contributed by atoms with van der Waals surface area (Å²) in [5.74, 6) is 0.689. The van der Waals surface area contributed by atoms with E-state index in [4.69, 9.17) is 4.74 Å². The Balaban J connectivity index is 1.51. The maximum absolute atomic E-state index is 12.3. The first kappa shape index (κ1) is 19.2. The molecule has 0 atom stereocenters. The van der Waals surface area contributed by atoms with Crippen LogP contribution in [0.25, 0.3) is 0 Å². The number of pyridine rings is 1. The number of phenolic OH excluding ortho intramolecular Hbond substituents is 1. The van der Waals surface area contributed by atoms with E-state index in [1.54, 1.807) is 31.4 Å². The van der Waals surface area contributed by atoms with E-state index in [1.807, 2.05) is 48.5 Å². The zero-order valence-corrected chi connectivity index (χ0v) is 15.7. The lowest BCUT2D eigenvalue weighted by Crippen LogP contribution is -2.36. The van der Waals surface area contributed by atoms with Crippen LogP contribution in [0.2, 0.25) is 0 Å². The van der Waals surface area contributed by atoms with Crippen LogP contribution >= 0.6 is 0 Å². The van der Waals surface area contributed by atoms with Crippen molar-refractivity contribution in [1.82, 2.24) is 15.2 Å². The number of rotatable bonds is 7. The van der Waals surface area contributed by atoms with Gasteiger partial charge in [0.25, 0.3) is 0 Å². The van der Waals surface area contributed by atoms with Gasteiger partial charge in [-0.25, -0.2) is 9.78 Å². The van der Waals surface area contributed by atoms with Crippen LogP contribution in [0.1, 0.15) is 16.7 Å². The lowest BCUT2D eigenvalue weighted by Gasteiger charge is -2.18. The highest BCUT2D eigenvalue weighted by atomic mass is 16.5. The van der Waals surface area contributed by atoms with E-state index in [-0.39, 0.29) is 11.8 Å². The molecule has 6 nitrogen and oxygen atoms in total. The first-order valence-electron chi connectivity index (χ1n) is 8.99. The molecular weight excluding hydrogens is 354 g/mol. The first-order valence-corrected chi connectivity index (χ1v) is 8.99. The van der Waals surface area contributed by atoms with Crippen LogP contribution in [0.3, 0.4) is 0 Å². The Morgan fingerprint density at radius 2 is 1.82 bits per heavy atom. The van der Waals surface area contributed by atoms with Crippen molar-refractivity contribution in [3.8, 4) is 11.6 Å². The summed E-state index contributed by atoms with van der Waals surface area (Å²) in [5.41, 5.74) is 2.65. The standard InChI is InChI=1S/C22H23N3O3/c1-25(15-19-9-5-6-10-20(19)26)22(27)24-14-18-11-12-23-21(13-18)28-16-17-7-3-2-4-8-17/h2-13,26H,14-16H2,1H3,(H,24,27). The van der Waals surface area contributed by atoms with E-state index in [9.17, 15) is 9.90 Å². The summed E-state index contributed by atoms with van der Waals surface area (Å²) in [7, 11) is 1.68. The number of para-hydroxylation sites is 1. The molecule has 0 bridgehead atoms. The van der Waals surface area contributed by atoms with Crippen molar-refractivity contribution in [2.75, 3.05) is 7.05 Å². The third-order valence-electron chi connectivity index (χ3n) is 4.22. The fourth-order valence-electron chi connectivity index (χ4n) is 2.66. The third-order valence-corrected chi connectivity index (χ3v) is 4.22. The number of benzene rings is 2. The van der Waals surface area contributed by atoms with Crippen molar-refractivity contribution in [2.24, 2.45) is 0 Å². The van der Waals surface area contributed by atoms with Crippen LogP contribution in [-0.2, 0) is 19.7 Å². The average Bonchev–Trinajstić information content (AvgIpc) is 2.73. The number of aromatic nitrogens is 1. The summed E-state index contributed by atoms with van der Waals surface area (Å²) in [6.07, 6.45) is 1.66. The molecule has 2 aromatic carbocycles. The minimum absolute atomic E-state index is 0.177. The van der Waals surface area contributed by atoms with Gasteiger partial charge in [0, 0.05) is 31.4 Å². The lowest BCUT2D eigenvalue weighted by atomic mass is 10.2. The number of hydrogen-bond acceptors (Lipinski definition) is 4. The molecule has 0 aliphatic rings. The number of nitrogens with zero attached hydrogens (tertiary/aromatic N) is 2. The molecule has 6 heteroatoms. The van der Waals surface area contributed by atoms with Gasteiger partial charge in [0.05, 0.1) is 6.54 Å². The van der Waals surface area contributed by atoms with Gasteiger partial charge in [0.15, 0.2) is 0 Å². The summed E-state index contributed by atoms with van der Waals surface area (Å²) in [6, 6.07) is 20.3. The van der Waals surface area contributed by atoms with Gasteiger partial charge in [-0.15, -0.1) is 0 Å². The quantitative estimate of drug-likeness (QED) is 0.658. The fraction of sp³-hybridized carbons (Fsp3) is 0.182. The number of amides is 2. The number of hydrogen-bond donors (Lipinski definition) is 2. The van der Waals surface area contributed by atoms with Crippen LogP contribution < -0.4 is 10.1 Å². The molecule has 0 aliphatic carbocycles. The Bertz CT molecular complexity index is 916. The molecule has 2 amide bonds. The SMILES string of the molecule is CN(Cc1ccccc1O)C(=O)NCc1ccnc(OCc2ccccc2)c1. The summed E-state index contributed by atoms with van der Waals surface area (Å²) in [5, 5.41) is 12.7. The molecule has 3 rings (SSSR count). The molecular formula is C22H23N3O3. The monoisotopic (exact) mass is 377 g/mol. The Morgan fingerprint density at radius 1 is 1.07 bits per heavy atom. The van der Waals surface area contributed by atoms with Crippen LogP contribution in [0, 0.1) is 0 Å². The zero-order valence-electron chi connectivity index (χ0n) is 15.7. The van der Waals surface area contributed by atoms with Crippen molar-refractivity contribution in [1.29, 1.82) is 0 Å². The van der Waals surface area contributed by atoms with E-state index in [0.29, 0.717) is 31.1 Å². The second-order valence-electron chi connectivity index (χ2n) is 6.42. The number of aromatic hydroxyl groups is 1. The highest BCUT2D eigenvalue weighted by Crippen LogP contribution is 2.17. The van der Waals surface area contributed by atoms with E-state index in [2.05, 4.69) is 10.3 Å². The predicted octanol–water partition coefficient (Wildman–Crippen LogP) is 3.71. The van der Waals surface area contributed by atoms with Gasteiger partial charge < -0.3 is 20.1 Å². The summed E-state index contributed by atoms with van der Waals surface area (Å²) >= 11 is 0. The van der Waals surface area contributed by atoms with Crippen molar-refractivity contribution >= 4 is 6.03 Å². The number of ether oxygens (including phenoxy) is 1. The molecule has 0 spiro atoms. The molecule has 2 N–H and O–H groups in total. The summed E-state index contributed by atoms with van der Waals surface area (Å²) in [4.78, 5) is 18.0. The zero-order chi connectivity index (χ0) is 19.8. The van der Waals surface area contributed by atoms with Gasteiger partial charge in [-0.2, -0.15) is 0 Å². The largest absolute Gasteiger partial charge is 0.508 e. The molecule has 0 saturated heterocycles. The Hall–Kier alpha value is -3.54. The molecule has 0 radical (unpaired) electrons. The first-order chi connectivity index (χ1) is 13.6. The molecule has 1 heterocycles. The average molecular weight is 377 g/mol. The van der Waals surface area contributed by atoms with Crippen LogP contribution in [-0.4, -0.2) is 28.1 Å². The van der Waals surface area contributed by atoms with E-state index < -0.39 is 0 Å². The van der Waals surface area contributed by atoms with E-state index >= 15 is 0 Å². The topological polar surface area (TPSA) is 74.7 Å². The number of carbonyl (C=O) groups is 1. The number of nitrogens with one attached hydrogen (secondary N) is 1. The highest BCUT2D eigenvalue weighted by Gasteiger charge is 2.11. The number of phenols is 1. The second kappa shape index (κ2) is 9.41. The maximum Gasteiger partial charge on any atom is 0.317 e. The van der Waals surface area contributed by atoms with Gasteiger partial charge in [-0.05, 0) is 23.3 Å². The predicted molar refractivity (Wildman–Crippen MR) is 107 cm³/mol. The summed E-state index contributed by atoms with van der Waals surface area (Å²) in [6.45, 7) is 1.11. The van der Waals surface area contributed by atoms with Crippen LogP contribution in [0.5, 0.6) is 11.6 Å². The molecule has 0 unspecified atom stereocenters. The normalized spacial score (nSPS) is 10.3. The second-order valence-corrected chi connectivity index (χ2v) is 6.42. The molecule has 0 fully saturated rings. The van der Waals surface area contributed by atoms with Gasteiger partial charge in [-0.1, -0.05) is 48.5 Å². The Kier molecular flexibility index (Phi) is 6.46. The molecule has 3 aromatic rings. The third kappa shape index (κ3) is 5.48. The van der Waals surface area contributed by atoms with Gasteiger partial charge in [0.2, 0.25) is 5.88 Å². The molecule has 144 valence electrons. The van der Waals surface area contributed by atoms with Gasteiger partial charge in [0.1, 0.15) is 12.4 Å². The Morgan fingerprint density at radius 3 is 2.61 bits per heavy atom. The molecule has 28 heavy (non-hydrogen) atoms. The minimum atomic E-state index is -0.230. The van der Waals surface area contributed by atoms with Crippen molar-refractivity contribution < 1.29 is 14.6 Å². The van der Waals surface area contributed by atoms with Crippen molar-refractivity contribution in [3.05, 3.63) is 89.6 Å². The number of carbonyl (C=O) groups excluding carboxylic acids is 1. The minimum Gasteiger partial charge on any atom is -0.508 e. The van der Waals surface area contributed by atoms with Gasteiger partial charge in [-0.3, -0.25) is 0 Å². The van der Waals surface area contributed by atoms with Crippen LogP contribution in [0.15, 0.2) is 72.9 Å². The van der Waals surface area contributed by atoms with Crippen LogP contribution in [0.4, 0.5) is 4.79 Å². The number of urea groups is 1. The maximum atomic E-state index is 12.3. The van der Waals surface area contributed by atoms with Crippen molar-refractivity contribution in [2.45, 2.75) is 19.7 Å².